The van der Waals surface area contributed by atoms with Crippen molar-refractivity contribution in [2.45, 2.75) is 19.3 Å². The van der Waals surface area contributed by atoms with Crippen LogP contribution in [0.1, 0.15) is 28.9 Å². The molecule has 3 rings (SSSR count). The maximum absolute atomic E-state index is 11.7. The first-order chi connectivity index (χ1) is 7.25. The van der Waals surface area contributed by atoms with Crippen LogP contribution in [0.4, 0.5) is 0 Å². The number of fused-ring (bicyclic) bond motifs is 3. The lowest BCUT2D eigenvalue weighted by Gasteiger charge is -2.09. The average molecular weight is 256 g/mol. The van der Waals surface area contributed by atoms with Gasteiger partial charge in [0.05, 0.1) is 5.69 Å². The van der Waals surface area contributed by atoms with Crippen LogP contribution in [0.15, 0.2) is 18.2 Å². The summed E-state index contributed by atoms with van der Waals surface area (Å²) in [4.78, 5) is 14.9. The molecule has 84 valence electrons. The molecule has 0 atom stereocenters. The van der Waals surface area contributed by atoms with Crippen molar-refractivity contribution in [1.29, 1.82) is 0 Å². The Bertz CT molecular complexity index is 559. The zero-order valence-corrected chi connectivity index (χ0v) is 10.1. The van der Waals surface area contributed by atoms with Gasteiger partial charge < -0.3 is 4.98 Å². The molecular weight excluding hydrogens is 245 g/mol. The Morgan fingerprint density at radius 2 is 2.06 bits per heavy atom. The predicted octanol–water partition coefficient (Wildman–Crippen LogP) is 3.76. The van der Waals surface area contributed by atoms with Gasteiger partial charge in [0, 0.05) is 22.3 Å². The summed E-state index contributed by atoms with van der Waals surface area (Å²) in [6.07, 6.45) is 2.58. The summed E-state index contributed by atoms with van der Waals surface area (Å²) < 4.78 is 0. The van der Waals surface area contributed by atoms with E-state index in [0.29, 0.717) is 6.42 Å². The van der Waals surface area contributed by atoms with Gasteiger partial charge in [0.2, 0.25) is 0 Å². The number of aromatic amines is 1. The zero-order chi connectivity index (χ0) is 10.4. The molecule has 1 heterocycles. The molecule has 2 aromatic rings. The number of hydrogen-bond acceptors (Lipinski definition) is 1. The van der Waals surface area contributed by atoms with Gasteiger partial charge in [-0.2, -0.15) is 0 Å². The number of rotatable bonds is 0. The molecule has 0 bridgehead atoms. The Balaban J connectivity index is 0.000000963. The molecule has 1 aromatic heterocycles. The van der Waals surface area contributed by atoms with Crippen LogP contribution in [0, 0.1) is 0 Å². The third kappa shape index (κ3) is 1.62. The number of aryl methyl sites for hydroxylation is 1. The summed E-state index contributed by atoms with van der Waals surface area (Å²) in [5.41, 5.74) is 2.95. The van der Waals surface area contributed by atoms with Crippen LogP contribution < -0.4 is 0 Å². The van der Waals surface area contributed by atoms with Crippen molar-refractivity contribution in [3.05, 3.63) is 34.5 Å². The lowest BCUT2D eigenvalue weighted by molar-refractivity contribution is 0.0968. The number of hydrogen-bond donors (Lipinski definition) is 1. The maximum Gasteiger partial charge on any atom is 0.179 e. The summed E-state index contributed by atoms with van der Waals surface area (Å²) in [7, 11) is 0. The smallest absolute Gasteiger partial charge is 0.179 e. The molecule has 0 amide bonds. The van der Waals surface area contributed by atoms with E-state index in [-0.39, 0.29) is 18.2 Å². The Kier molecular flexibility index (Phi) is 2.96. The van der Waals surface area contributed by atoms with Gasteiger partial charge in [-0.25, -0.2) is 0 Å². The minimum atomic E-state index is 0. The predicted molar refractivity (Wildman–Crippen MR) is 67.8 cm³/mol. The fourth-order valence-corrected chi connectivity index (χ4v) is 2.44. The summed E-state index contributed by atoms with van der Waals surface area (Å²) in [6, 6.07) is 5.71. The number of carbonyl (C=O) groups is 1. The van der Waals surface area contributed by atoms with Crippen LogP contribution in [0.25, 0.3) is 10.9 Å². The number of ketones is 1. The highest BCUT2D eigenvalue weighted by atomic mass is 35.5. The molecule has 1 aliphatic rings. The molecule has 4 heteroatoms. The van der Waals surface area contributed by atoms with E-state index in [9.17, 15) is 4.79 Å². The summed E-state index contributed by atoms with van der Waals surface area (Å²) >= 11 is 5.96. The lowest BCUT2D eigenvalue weighted by Crippen LogP contribution is -2.09. The highest BCUT2D eigenvalue weighted by Gasteiger charge is 2.21. The van der Waals surface area contributed by atoms with Gasteiger partial charge >= 0.3 is 0 Å². The van der Waals surface area contributed by atoms with Crippen molar-refractivity contribution in [1.82, 2.24) is 4.98 Å². The Morgan fingerprint density at radius 1 is 1.25 bits per heavy atom. The highest BCUT2D eigenvalue weighted by Crippen LogP contribution is 2.30. The van der Waals surface area contributed by atoms with Crippen LogP contribution in [0.2, 0.25) is 5.02 Å². The van der Waals surface area contributed by atoms with E-state index < -0.39 is 0 Å². The summed E-state index contributed by atoms with van der Waals surface area (Å²) in [6.45, 7) is 0. The van der Waals surface area contributed by atoms with E-state index >= 15 is 0 Å². The number of H-pyrrole nitrogens is 1. The zero-order valence-electron chi connectivity index (χ0n) is 8.55. The molecule has 0 radical (unpaired) electrons. The van der Waals surface area contributed by atoms with E-state index in [2.05, 4.69) is 4.98 Å². The minimum absolute atomic E-state index is 0. The molecular formula is C12H11Cl2NO. The Labute approximate surface area is 104 Å². The molecule has 2 nitrogen and oxygen atoms in total. The van der Waals surface area contributed by atoms with E-state index in [1.807, 2.05) is 18.2 Å². The monoisotopic (exact) mass is 255 g/mol. The first-order valence-electron chi connectivity index (χ1n) is 5.09. The van der Waals surface area contributed by atoms with Crippen LogP contribution in [-0.2, 0) is 6.42 Å². The molecule has 16 heavy (non-hydrogen) atoms. The van der Waals surface area contributed by atoms with E-state index in [1.165, 1.54) is 0 Å². The second-order valence-corrected chi connectivity index (χ2v) is 4.38. The standard InChI is InChI=1S/C12H10ClNO.ClH/c13-7-4-5-10-9(6-7)8-2-1-3-11(15)12(8)14-10;/h4-6,14H,1-3H2;1H. The van der Waals surface area contributed by atoms with Crippen molar-refractivity contribution < 1.29 is 4.79 Å². The number of nitrogens with one attached hydrogen (secondary N) is 1. The molecule has 1 aromatic carbocycles. The van der Waals surface area contributed by atoms with E-state index in [4.69, 9.17) is 11.6 Å². The molecule has 1 aliphatic carbocycles. The van der Waals surface area contributed by atoms with Crippen LogP contribution in [0.3, 0.4) is 0 Å². The van der Waals surface area contributed by atoms with Crippen molar-refractivity contribution in [2.75, 3.05) is 0 Å². The fraction of sp³-hybridized carbons (Fsp3) is 0.250. The van der Waals surface area contributed by atoms with Gasteiger partial charge in [0.15, 0.2) is 5.78 Å². The lowest BCUT2D eigenvalue weighted by atomic mass is 9.95. The van der Waals surface area contributed by atoms with Crippen molar-refractivity contribution in [3.63, 3.8) is 0 Å². The number of benzene rings is 1. The minimum Gasteiger partial charge on any atom is -0.352 e. The van der Waals surface area contributed by atoms with Gasteiger partial charge in [-0.15, -0.1) is 12.4 Å². The molecule has 0 saturated carbocycles. The Morgan fingerprint density at radius 3 is 2.88 bits per heavy atom. The molecule has 0 aliphatic heterocycles. The first-order valence-corrected chi connectivity index (χ1v) is 5.47. The van der Waals surface area contributed by atoms with Gasteiger partial charge in [-0.1, -0.05) is 11.6 Å². The van der Waals surface area contributed by atoms with E-state index in [0.717, 1.165) is 40.0 Å². The average Bonchev–Trinajstić information content (AvgIpc) is 2.58. The van der Waals surface area contributed by atoms with Crippen LogP contribution in [0.5, 0.6) is 0 Å². The number of aromatic nitrogens is 1. The third-order valence-corrected chi connectivity index (χ3v) is 3.21. The van der Waals surface area contributed by atoms with Crippen molar-refractivity contribution in [2.24, 2.45) is 0 Å². The van der Waals surface area contributed by atoms with Gasteiger partial charge in [-0.05, 0) is 36.6 Å². The molecule has 0 spiro atoms. The molecule has 1 N–H and O–H groups in total. The third-order valence-electron chi connectivity index (χ3n) is 2.98. The normalized spacial score (nSPS) is 14.7. The largest absolute Gasteiger partial charge is 0.352 e. The first kappa shape index (κ1) is 11.5. The van der Waals surface area contributed by atoms with E-state index in [1.54, 1.807) is 0 Å². The van der Waals surface area contributed by atoms with Crippen LogP contribution >= 0.6 is 24.0 Å². The van der Waals surface area contributed by atoms with Gasteiger partial charge in [0.25, 0.3) is 0 Å². The highest BCUT2D eigenvalue weighted by molar-refractivity contribution is 6.31. The second-order valence-electron chi connectivity index (χ2n) is 3.95. The number of Topliss-reactive ketones (excluding diaryl/α,β-unsaturated/α-hetero) is 1. The van der Waals surface area contributed by atoms with Gasteiger partial charge in [-0.3, -0.25) is 4.79 Å². The summed E-state index contributed by atoms with van der Waals surface area (Å²) in [5.74, 6) is 0.226. The van der Waals surface area contributed by atoms with Crippen molar-refractivity contribution in [3.8, 4) is 0 Å². The molecule has 0 unspecified atom stereocenters. The Hall–Kier alpha value is -0.990. The molecule has 0 fully saturated rings. The number of carbonyl (C=O) groups excluding carboxylic acids is 1. The summed E-state index contributed by atoms with van der Waals surface area (Å²) in [5, 5.41) is 1.83. The van der Waals surface area contributed by atoms with Crippen LogP contribution in [-0.4, -0.2) is 10.8 Å². The second kappa shape index (κ2) is 4.11. The molecule has 0 saturated heterocycles. The fourth-order valence-electron chi connectivity index (χ4n) is 2.27. The number of halogens is 2. The van der Waals surface area contributed by atoms with Crippen molar-refractivity contribution >= 4 is 40.7 Å². The quantitative estimate of drug-likeness (QED) is 0.764. The SMILES string of the molecule is Cl.O=C1CCCc2c1[nH]c1ccc(Cl)cc21. The maximum atomic E-state index is 11.7. The van der Waals surface area contributed by atoms with Gasteiger partial charge in [0.1, 0.15) is 0 Å². The topological polar surface area (TPSA) is 32.9 Å².